The highest BCUT2D eigenvalue weighted by molar-refractivity contribution is 6.09. The van der Waals surface area contributed by atoms with E-state index in [4.69, 9.17) is 5.73 Å². The van der Waals surface area contributed by atoms with Gasteiger partial charge in [0.1, 0.15) is 5.69 Å². The lowest BCUT2D eigenvalue weighted by molar-refractivity contribution is -0.383. The van der Waals surface area contributed by atoms with Gasteiger partial charge in [-0.2, -0.15) is 5.10 Å². The van der Waals surface area contributed by atoms with Crippen LogP contribution in [0.5, 0.6) is 0 Å². The Morgan fingerprint density at radius 1 is 1.30 bits per heavy atom. The summed E-state index contributed by atoms with van der Waals surface area (Å²) in [4.78, 5) is 25.5. The number of carbonyl (C=O) groups excluding carboxylic acids is 1. The number of amides is 1. The average Bonchev–Trinajstić information content (AvgIpc) is 3.10. The summed E-state index contributed by atoms with van der Waals surface area (Å²) in [6.45, 7) is 5.15. The Bertz CT molecular complexity index is 1010. The van der Waals surface area contributed by atoms with Crippen LogP contribution in [0, 0.1) is 10.1 Å². The zero-order valence-corrected chi connectivity index (χ0v) is 15.0. The first-order valence-corrected chi connectivity index (χ1v) is 8.52. The van der Waals surface area contributed by atoms with Crippen LogP contribution in [0.15, 0.2) is 36.5 Å². The van der Waals surface area contributed by atoms with E-state index >= 15 is 0 Å². The quantitative estimate of drug-likeness (QED) is 0.348. The van der Waals surface area contributed by atoms with E-state index in [0.717, 1.165) is 10.9 Å². The number of H-pyrrole nitrogens is 1. The van der Waals surface area contributed by atoms with Crippen molar-refractivity contribution in [2.75, 3.05) is 29.0 Å². The Morgan fingerprint density at radius 3 is 2.70 bits per heavy atom. The third kappa shape index (κ3) is 3.52. The van der Waals surface area contributed by atoms with E-state index in [9.17, 15) is 14.9 Å². The third-order valence-electron chi connectivity index (χ3n) is 4.39. The maximum atomic E-state index is 12.9. The summed E-state index contributed by atoms with van der Waals surface area (Å²) < 4.78 is 0. The van der Waals surface area contributed by atoms with Gasteiger partial charge in [0.2, 0.25) is 0 Å². The lowest BCUT2D eigenvalue weighted by Crippen LogP contribution is -2.26. The molecule has 27 heavy (non-hydrogen) atoms. The molecule has 0 saturated carbocycles. The fourth-order valence-corrected chi connectivity index (χ4v) is 2.97. The highest BCUT2D eigenvalue weighted by Crippen LogP contribution is 2.32. The van der Waals surface area contributed by atoms with Crippen LogP contribution in [0.1, 0.15) is 24.2 Å². The molecule has 140 valence electrons. The van der Waals surface area contributed by atoms with Crippen molar-refractivity contribution in [2.45, 2.75) is 13.8 Å². The number of nitro benzene ring substituents is 1. The normalized spacial score (nSPS) is 10.7. The molecule has 2 aromatic carbocycles. The minimum Gasteiger partial charge on any atom is -0.393 e. The zero-order chi connectivity index (χ0) is 19.6. The Morgan fingerprint density at radius 2 is 2.04 bits per heavy atom. The van der Waals surface area contributed by atoms with Crippen molar-refractivity contribution in [3.63, 3.8) is 0 Å². The molecular formula is C18H20N6O3. The number of hydrogen-bond donors (Lipinski definition) is 3. The molecule has 0 saturated heterocycles. The highest BCUT2D eigenvalue weighted by Gasteiger charge is 2.23. The van der Waals surface area contributed by atoms with Gasteiger partial charge in [0.15, 0.2) is 0 Å². The van der Waals surface area contributed by atoms with E-state index in [1.807, 2.05) is 24.8 Å². The predicted molar refractivity (Wildman–Crippen MR) is 105 cm³/mol. The van der Waals surface area contributed by atoms with Crippen molar-refractivity contribution >= 4 is 39.6 Å². The van der Waals surface area contributed by atoms with Crippen LogP contribution in [0.2, 0.25) is 0 Å². The van der Waals surface area contributed by atoms with Crippen molar-refractivity contribution in [3.05, 3.63) is 52.2 Å². The molecule has 0 aliphatic rings. The summed E-state index contributed by atoms with van der Waals surface area (Å²) in [6.07, 6.45) is 1.68. The van der Waals surface area contributed by atoms with Crippen LogP contribution < -0.4 is 16.0 Å². The molecule has 1 heterocycles. The number of rotatable bonds is 6. The summed E-state index contributed by atoms with van der Waals surface area (Å²) in [5, 5.41) is 21.8. The van der Waals surface area contributed by atoms with Crippen molar-refractivity contribution in [1.29, 1.82) is 0 Å². The monoisotopic (exact) mass is 368 g/mol. The van der Waals surface area contributed by atoms with E-state index in [1.54, 1.807) is 18.3 Å². The van der Waals surface area contributed by atoms with Crippen molar-refractivity contribution in [3.8, 4) is 0 Å². The highest BCUT2D eigenvalue weighted by atomic mass is 16.6. The summed E-state index contributed by atoms with van der Waals surface area (Å²) in [7, 11) is 0. The minimum absolute atomic E-state index is 0.0253. The second-order valence-corrected chi connectivity index (χ2v) is 5.98. The molecule has 0 aliphatic carbocycles. The Balaban J connectivity index is 2.02. The standard InChI is InChI=1S/C18H20N6O3/c1-3-23(4-2)16-9-14(19)17(24(26)27)8-13(16)18(25)21-12-6-5-11-10-20-22-15(11)7-12/h5-10H,3-4,19H2,1-2H3,(H,20,22)(H,21,25). The van der Waals surface area contributed by atoms with Crippen LogP contribution in [0.25, 0.3) is 10.9 Å². The molecule has 3 rings (SSSR count). The fourth-order valence-electron chi connectivity index (χ4n) is 2.97. The summed E-state index contributed by atoms with van der Waals surface area (Å²) in [5.41, 5.74) is 7.66. The van der Waals surface area contributed by atoms with E-state index in [2.05, 4.69) is 15.5 Å². The molecule has 1 aromatic heterocycles. The molecule has 0 unspecified atom stereocenters. The van der Waals surface area contributed by atoms with E-state index < -0.39 is 10.8 Å². The van der Waals surface area contributed by atoms with E-state index in [0.29, 0.717) is 24.5 Å². The number of carbonyl (C=O) groups is 1. The average molecular weight is 368 g/mol. The number of fused-ring (bicyclic) bond motifs is 1. The maximum Gasteiger partial charge on any atom is 0.293 e. The molecule has 9 heteroatoms. The van der Waals surface area contributed by atoms with Gasteiger partial charge in [-0.25, -0.2) is 0 Å². The molecular weight excluding hydrogens is 348 g/mol. The van der Waals surface area contributed by atoms with Crippen LogP contribution in [0.4, 0.5) is 22.7 Å². The maximum absolute atomic E-state index is 12.9. The molecule has 0 atom stereocenters. The number of nitrogens with one attached hydrogen (secondary N) is 2. The van der Waals surface area contributed by atoms with Crippen LogP contribution in [-0.4, -0.2) is 34.1 Å². The van der Waals surface area contributed by atoms with Gasteiger partial charge in [-0.1, -0.05) is 0 Å². The van der Waals surface area contributed by atoms with Crippen LogP contribution in [0.3, 0.4) is 0 Å². The first kappa shape index (κ1) is 18.2. The SMILES string of the molecule is CCN(CC)c1cc(N)c([N+](=O)[O-])cc1C(=O)Nc1ccc2cn[nH]c2c1. The molecule has 4 N–H and O–H groups in total. The fraction of sp³-hybridized carbons (Fsp3) is 0.222. The van der Waals surface area contributed by atoms with Gasteiger partial charge in [0.05, 0.1) is 27.9 Å². The van der Waals surface area contributed by atoms with Crippen LogP contribution >= 0.6 is 0 Å². The van der Waals surface area contributed by atoms with Crippen LogP contribution in [-0.2, 0) is 0 Å². The molecule has 0 bridgehead atoms. The van der Waals surface area contributed by atoms with E-state index in [-0.39, 0.29) is 16.9 Å². The zero-order valence-electron chi connectivity index (χ0n) is 15.0. The minimum atomic E-state index is -0.589. The van der Waals surface area contributed by atoms with Gasteiger partial charge < -0.3 is 16.0 Å². The number of anilines is 3. The Kier molecular flexibility index (Phi) is 4.93. The smallest absolute Gasteiger partial charge is 0.293 e. The number of nitrogens with zero attached hydrogens (tertiary/aromatic N) is 3. The Labute approximate surface area is 155 Å². The summed E-state index contributed by atoms with van der Waals surface area (Å²) >= 11 is 0. The van der Waals surface area contributed by atoms with Crippen molar-refractivity contribution in [1.82, 2.24) is 10.2 Å². The largest absolute Gasteiger partial charge is 0.393 e. The van der Waals surface area contributed by atoms with Crippen molar-refractivity contribution < 1.29 is 9.72 Å². The topological polar surface area (TPSA) is 130 Å². The molecule has 0 fully saturated rings. The number of hydrogen-bond acceptors (Lipinski definition) is 6. The molecule has 0 aliphatic heterocycles. The van der Waals surface area contributed by atoms with Gasteiger partial charge in [0, 0.05) is 30.2 Å². The first-order chi connectivity index (χ1) is 12.9. The molecule has 0 radical (unpaired) electrons. The third-order valence-corrected chi connectivity index (χ3v) is 4.39. The molecule has 1 amide bonds. The summed E-state index contributed by atoms with van der Waals surface area (Å²) in [5.74, 6) is -0.445. The van der Waals surface area contributed by atoms with Gasteiger partial charge in [-0.3, -0.25) is 20.0 Å². The number of aromatic nitrogens is 2. The van der Waals surface area contributed by atoms with Gasteiger partial charge in [0.25, 0.3) is 11.6 Å². The molecule has 3 aromatic rings. The number of aromatic amines is 1. The molecule has 9 nitrogen and oxygen atoms in total. The predicted octanol–water partition coefficient (Wildman–Crippen LogP) is 3.15. The van der Waals surface area contributed by atoms with Gasteiger partial charge in [-0.15, -0.1) is 0 Å². The van der Waals surface area contributed by atoms with Gasteiger partial charge >= 0.3 is 0 Å². The number of nitro groups is 1. The van der Waals surface area contributed by atoms with Gasteiger partial charge in [-0.05, 0) is 38.1 Å². The second kappa shape index (κ2) is 7.32. The number of nitrogen functional groups attached to an aromatic ring is 1. The van der Waals surface area contributed by atoms with Crippen molar-refractivity contribution in [2.24, 2.45) is 0 Å². The number of nitrogens with two attached hydrogens (primary N) is 1. The Hall–Kier alpha value is -3.62. The number of benzene rings is 2. The second-order valence-electron chi connectivity index (χ2n) is 5.98. The lowest BCUT2D eigenvalue weighted by Gasteiger charge is -2.24. The lowest BCUT2D eigenvalue weighted by atomic mass is 10.1. The first-order valence-electron chi connectivity index (χ1n) is 8.52. The summed E-state index contributed by atoms with van der Waals surface area (Å²) in [6, 6.07) is 8.04. The van der Waals surface area contributed by atoms with E-state index in [1.165, 1.54) is 12.1 Å². The molecule has 0 spiro atoms.